The molecule has 1 amide bonds. The molecule has 2 N–H and O–H groups in total. The molecule has 0 bridgehead atoms. The number of rotatable bonds is 4. The highest BCUT2D eigenvalue weighted by molar-refractivity contribution is 7.19. The second-order valence-electron chi connectivity index (χ2n) is 13.7. The predicted octanol–water partition coefficient (Wildman–Crippen LogP) is 4.32. The van der Waals surface area contributed by atoms with Crippen LogP contribution >= 0.6 is 11.3 Å². The van der Waals surface area contributed by atoms with Gasteiger partial charge in [0.05, 0.1) is 16.6 Å². The molecule has 2 atom stereocenters. The van der Waals surface area contributed by atoms with E-state index in [0.717, 1.165) is 40.2 Å². The van der Waals surface area contributed by atoms with Crippen LogP contribution in [0.5, 0.6) is 0 Å². The van der Waals surface area contributed by atoms with Crippen molar-refractivity contribution < 1.29 is 27.9 Å². The number of Topliss-reactive ketones (excluding diaryl/α,β-unsaturated/α-hetero) is 1. The van der Waals surface area contributed by atoms with E-state index in [0.29, 0.717) is 36.7 Å². The number of aryl methyl sites for hydroxylation is 2. The summed E-state index contributed by atoms with van der Waals surface area (Å²) in [5.74, 6) is 0.240. The molecular formula is C32H37F3N6O4S. The van der Waals surface area contributed by atoms with E-state index < -0.39 is 35.7 Å². The van der Waals surface area contributed by atoms with Gasteiger partial charge in [-0.2, -0.15) is 13.2 Å². The van der Waals surface area contributed by atoms with Crippen LogP contribution in [0.15, 0.2) is 17.2 Å². The maximum absolute atomic E-state index is 14.0. The van der Waals surface area contributed by atoms with E-state index in [1.807, 2.05) is 19.0 Å². The third-order valence-corrected chi connectivity index (χ3v) is 12.0. The number of pyridine rings is 1. The van der Waals surface area contributed by atoms with E-state index >= 15 is 0 Å². The Kier molecular flexibility index (Phi) is 7.37. The van der Waals surface area contributed by atoms with E-state index in [1.54, 1.807) is 13.0 Å². The number of aromatic nitrogens is 3. The number of likely N-dealkylation sites (N-methyl/N-ethyl adjacent to an activating group) is 1. The fourth-order valence-electron chi connectivity index (χ4n) is 8.07. The third-order valence-electron chi connectivity index (χ3n) is 10.8. The molecule has 3 aromatic heterocycles. The number of fused-ring (bicyclic) bond motifs is 5. The van der Waals surface area contributed by atoms with Gasteiger partial charge in [-0.05, 0) is 89.6 Å². The number of halogens is 3. The highest BCUT2D eigenvalue weighted by Crippen LogP contribution is 2.51. The molecule has 0 unspecified atom stereocenters. The van der Waals surface area contributed by atoms with E-state index in [9.17, 15) is 32.7 Å². The average Bonchev–Trinajstić information content (AvgIpc) is 3.71. The summed E-state index contributed by atoms with van der Waals surface area (Å²) in [5, 5.41) is 14.3. The quantitative estimate of drug-likeness (QED) is 0.426. The summed E-state index contributed by atoms with van der Waals surface area (Å²) in [5.41, 5.74) is -2.50. The van der Waals surface area contributed by atoms with Crippen LogP contribution in [0.2, 0.25) is 0 Å². The van der Waals surface area contributed by atoms with Crippen molar-refractivity contribution in [2.45, 2.75) is 88.1 Å². The Hall–Kier alpha value is -3.36. The number of hydrogen-bond acceptors (Lipinski definition) is 9. The first-order chi connectivity index (χ1) is 21.7. The number of alkyl halides is 3. The van der Waals surface area contributed by atoms with Crippen molar-refractivity contribution in [3.8, 4) is 0 Å². The van der Waals surface area contributed by atoms with Crippen LogP contribution in [0.3, 0.4) is 0 Å². The maximum atomic E-state index is 14.0. The number of ketones is 1. The summed E-state index contributed by atoms with van der Waals surface area (Å²) < 4.78 is 42.1. The third kappa shape index (κ3) is 4.86. The maximum Gasteiger partial charge on any atom is 0.417 e. The van der Waals surface area contributed by atoms with Crippen molar-refractivity contribution in [2.24, 2.45) is 5.92 Å². The van der Waals surface area contributed by atoms with Gasteiger partial charge in [0.25, 0.3) is 5.56 Å². The number of carbonyl (C=O) groups excluding carboxylic acids is 2. The van der Waals surface area contributed by atoms with Gasteiger partial charge in [0, 0.05) is 36.3 Å². The summed E-state index contributed by atoms with van der Waals surface area (Å²) >= 11 is 1.53. The molecule has 14 heteroatoms. The highest BCUT2D eigenvalue weighted by atomic mass is 32.1. The summed E-state index contributed by atoms with van der Waals surface area (Å²) in [6, 6.07) is 1.97. The topological polar surface area (TPSA) is 121 Å². The molecular weight excluding hydrogens is 621 g/mol. The minimum absolute atomic E-state index is 0.0800. The van der Waals surface area contributed by atoms with Crippen molar-refractivity contribution in [3.63, 3.8) is 0 Å². The number of amides is 1. The first-order valence-corrected chi connectivity index (χ1v) is 16.6. The number of likely N-dealkylation sites (tertiary alicyclic amines) is 1. The van der Waals surface area contributed by atoms with E-state index in [-0.39, 0.29) is 48.3 Å². The summed E-state index contributed by atoms with van der Waals surface area (Å²) in [6.07, 6.45) is -1.96. The normalized spacial score (nSPS) is 27.9. The van der Waals surface area contributed by atoms with Crippen molar-refractivity contribution >= 4 is 44.7 Å². The second-order valence-corrected chi connectivity index (χ2v) is 14.8. The Morgan fingerprint density at radius 2 is 1.89 bits per heavy atom. The monoisotopic (exact) mass is 658 g/mol. The van der Waals surface area contributed by atoms with Gasteiger partial charge in [-0.25, -0.2) is 9.97 Å². The smallest absolute Gasteiger partial charge is 0.380 e. The molecule has 4 aliphatic rings. The fraction of sp³-hybridized carbons (Fsp3) is 0.594. The number of thiophene rings is 1. The molecule has 1 saturated heterocycles. The van der Waals surface area contributed by atoms with Crippen LogP contribution in [0.25, 0.3) is 10.2 Å². The van der Waals surface area contributed by atoms with Gasteiger partial charge in [0.2, 0.25) is 5.91 Å². The van der Waals surface area contributed by atoms with Crippen LogP contribution in [0.1, 0.15) is 71.4 Å². The molecule has 2 aliphatic carbocycles. The lowest BCUT2D eigenvalue weighted by molar-refractivity contribution is -0.274. The molecule has 1 spiro atoms. The van der Waals surface area contributed by atoms with Crippen LogP contribution in [-0.2, 0) is 23.2 Å². The Morgan fingerprint density at radius 3 is 2.57 bits per heavy atom. The molecule has 3 aromatic rings. The van der Waals surface area contributed by atoms with Crippen molar-refractivity contribution in [3.05, 3.63) is 44.4 Å². The number of carbonyl (C=O) groups is 2. The molecule has 0 radical (unpaired) electrons. The molecule has 0 aromatic carbocycles. The largest absolute Gasteiger partial charge is 0.417 e. The number of nitrogens with one attached hydrogen (secondary N) is 1. The molecule has 7 rings (SSSR count). The minimum atomic E-state index is -4.79. The Bertz CT molecular complexity index is 1810. The average molecular weight is 659 g/mol. The van der Waals surface area contributed by atoms with E-state index in [4.69, 9.17) is 0 Å². The number of hydrogen-bond donors (Lipinski definition) is 2. The van der Waals surface area contributed by atoms with E-state index in [1.165, 1.54) is 22.2 Å². The van der Waals surface area contributed by atoms with Gasteiger partial charge in [0.15, 0.2) is 11.4 Å². The van der Waals surface area contributed by atoms with Gasteiger partial charge >= 0.3 is 6.18 Å². The first-order valence-electron chi connectivity index (χ1n) is 15.8. The van der Waals surface area contributed by atoms with Crippen LogP contribution in [0.4, 0.5) is 24.7 Å². The highest BCUT2D eigenvalue weighted by Gasteiger charge is 2.59. The van der Waals surface area contributed by atoms with Crippen LogP contribution in [0, 0.1) is 12.8 Å². The molecule has 46 heavy (non-hydrogen) atoms. The predicted molar refractivity (Wildman–Crippen MR) is 167 cm³/mol. The summed E-state index contributed by atoms with van der Waals surface area (Å²) in [4.78, 5) is 55.6. The van der Waals surface area contributed by atoms with Crippen molar-refractivity contribution in [1.82, 2.24) is 24.3 Å². The lowest BCUT2D eigenvalue weighted by atomic mass is 9.72. The lowest BCUT2D eigenvalue weighted by Crippen LogP contribution is -2.53. The number of anilines is 2. The first kappa shape index (κ1) is 31.3. The second kappa shape index (κ2) is 10.8. The Balaban J connectivity index is 1.18. The van der Waals surface area contributed by atoms with Gasteiger partial charge in [-0.1, -0.05) is 0 Å². The van der Waals surface area contributed by atoms with Gasteiger partial charge in [0.1, 0.15) is 22.7 Å². The number of nitrogens with zero attached hydrogens (tertiary/aromatic N) is 5. The van der Waals surface area contributed by atoms with Crippen LogP contribution < -0.4 is 10.9 Å². The van der Waals surface area contributed by atoms with Crippen molar-refractivity contribution in [2.75, 3.05) is 32.5 Å². The SMILES string of the molecule is Cc1cc(Nc2ncnc3sc4c(c23)CC[C@H](C(=O)N2CC[C@H](N(C)C)C2)C4)c(=O)n2c1C(=O)CC21CCC(O)(C(F)(F)F)CC1. The number of aliphatic hydroxyl groups is 1. The lowest BCUT2D eigenvalue weighted by Gasteiger charge is -2.43. The van der Waals surface area contributed by atoms with Crippen molar-refractivity contribution in [1.29, 1.82) is 0 Å². The van der Waals surface area contributed by atoms with Gasteiger partial charge in [-0.3, -0.25) is 19.0 Å². The Morgan fingerprint density at radius 1 is 1.15 bits per heavy atom. The standard InChI is InChI=1S/C32H37F3N6O4S/c1-17-12-21(29(44)41-25(17)22(42)14-30(41)7-9-31(45,10-8-30)32(33,34)35)38-26-24-20-5-4-18(13-23(20)46-27(24)37-16-36-26)28(43)40-11-6-19(15-40)39(2)3/h12,16,18-19,45H,4-11,13-15H2,1-3H3,(H,36,37,38)/t18-,19-,30?,31?/m0/s1. The molecule has 10 nitrogen and oxygen atoms in total. The zero-order valence-corrected chi connectivity index (χ0v) is 26.9. The molecule has 2 aliphatic heterocycles. The molecule has 2 fully saturated rings. The zero-order valence-electron chi connectivity index (χ0n) is 26.0. The minimum Gasteiger partial charge on any atom is -0.380 e. The van der Waals surface area contributed by atoms with Gasteiger partial charge < -0.3 is 20.2 Å². The summed E-state index contributed by atoms with van der Waals surface area (Å²) in [7, 11) is 4.08. The molecule has 246 valence electrons. The van der Waals surface area contributed by atoms with Gasteiger partial charge in [-0.15, -0.1) is 11.3 Å². The zero-order chi connectivity index (χ0) is 32.8. The molecule has 5 heterocycles. The van der Waals surface area contributed by atoms with E-state index in [2.05, 4.69) is 20.2 Å². The Labute approximate surface area is 267 Å². The fourth-order valence-corrected chi connectivity index (χ4v) is 9.34. The van der Waals surface area contributed by atoms with Crippen LogP contribution in [-0.4, -0.2) is 86.1 Å². The summed E-state index contributed by atoms with van der Waals surface area (Å²) in [6.45, 7) is 3.22. The molecule has 1 saturated carbocycles.